The van der Waals surface area contributed by atoms with E-state index in [2.05, 4.69) is 0 Å². The minimum atomic E-state index is -0.732. The SMILES string of the molecule is O=C(Oc1ccc2c(=O)c(Oc3ccccc3Cl)coc2c1)c1cccc(F)c1. The predicted octanol–water partition coefficient (Wildman–Crippen LogP) is 5.60. The Hall–Kier alpha value is -3.64. The Morgan fingerprint density at radius 3 is 2.59 bits per heavy atom. The predicted molar refractivity (Wildman–Crippen MR) is 105 cm³/mol. The fourth-order valence-corrected chi connectivity index (χ4v) is 2.83. The fraction of sp³-hybridized carbons (Fsp3) is 0. The number of hydrogen-bond acceptors (Lipinski definition) is 5. The van der Waals surface area contributed by atoms with Crippen LogP contribution in [0.5, 0.6) is 17.2 Å². The van der Waals surface area contributed by atoms with Gasteiger partial charge < -0.3 is 13.9 Å². The molecular formula is C22H12ClFO5. The van der Waals surface area contributed by atoms with Gasteiger partial charge in [0, 0.05) is 6.07 Å². The van der Waals surface area contributed by atoms with E-state index >= 15 is 0 Å². The highest BCUT2D eigenvalue weighted by atomic mass is 35.5. The molecule has 0 aliphatic carbocycles. The van der Waals surface area contributed by atoms with E-state index in [1.165, 1.54) is 36.4 Å². The normalized spacial score (nSPS) is 10.7. The minimum absolute atomic E-state index is 0.0323. The summed E-state index contributed by atoms with van der Waals surface area (Å²) in [5, 5.41) is 0.590. The summed E-state index contributed by atoms with van der Waals surface area (Å²) in [5.74, 6) is -0.842. The van der Waals surface area contributed by atoms with Crippen molar-refractivity contribution < 1.29 is 23.1 Å². The molecule has 0 fully saturated rings. The standard InChI is InChI=1S/C22H12ClFO5/c23-17-6-1-2-7-18(17)29-20-12-27-19-11-15(8-9-16(19)21(20)25)28-22(26)13-4-3-5-14(24)10-13/h1-12H. The van der Waals surface area contributed by atoms with Gasteiger partial charge in [-0.15, -0.1) is 0 Å². The largest absolute Gasteiger partial charge is 0.460 e. The number of carbonyl (C=O) groups excluding carboxylic acids is 1. The van der Waals surface area contributed by atoms with Crippen LogP contribution in [0.2, 0.25) is 5.02 Å². The third-order valence-corrected chi connectivity index (χ3v) is 4.35. The fourth-order valence-electron chi connectivity index (χ4n) is 2.65. The maximum atomic E-state index is 13.3. The highest BCUT2D eigenvalue weighted by Gasteiger charge is 2.14. The van der Waals surface area contributed by atoms with Gasteiger partial charge in [0.15, 0.2) is 0 Å². The van der Waals surface area contributed by atoms with Crippen LogP contribution in [0.3, 0.4) is 0 Å². The smallest absolute Gasteiger partial charge is 0.343 e. The topological polar surface area (TPSA) is 65.7 Å². The number of esters is 1. The number of halogens is 2. The first-order valence-electron chi connectivity index (χ1n) is 8.47. The molecule has 0 spiro atoms. The second-order valence-corrected chi connectivity index (χ2v) is 6.43. The summed E-state index contributed by atoms with van der Waals surface area (Å²) in [5.41, 5.74) is -0.143. The van der Waals surface area contributed by atoms with Crippen molar-refractivity contribution in [3.8, 4) is 17.2 Å². The lowest BCUT2D eigenvalue weighted by Crippen LogP contribution is -2.09. The van der Waals surface area contributed by atoms with Crippen molar-refractivity contribution in [2.75, 3.05) is 0 Å². The molecule has 3 aromatic carbocycles. The lowest BCUT2D eigenvalue weighted by Gasteiger charge is -2.08. The lowest BCUT2D eigenvalue weighted by molar-refractivity contribution is 0.0734. The van der Waals surface area contributed by atoms with Crippen LogP contribution < -0.4 is 14.9 Å². The van der Waals surface area contributed by atoms with Crippen molar-refractivity contribution >= 4 is 28.5 Å². The van der Waals surface area contributed by atoms with Gasteiger partial charge in [0.1, 0.15) is 29.2 Å². The van der Waals surface area contributed by atoms with Gasteiger partial charge in [-0.3, -0.25) is 4.79 Å². The van der Waals surface area contributed by atoms with Crippen LogP contribution in [-0.2, 0) is 0 Å². The molecule has 0 unspecified atom stereocenters. The van der Waals surface area contributed by atoms with Gasteiger partial charge in [-0.1, -0.05) is 29.8 Å². The maximum Gasteiger partial charge on any atom is 0.343 e. The molecule has 1 aromatic heterocycles. The molecule has 0 saturated carbocycles. The first-order chi connectivity index (χ1) is 14.0. The highest BCUT2D eigenvalue weighted by Crippen LogP contribution is 2.29. The Morgan fingerprint density at radius 1 is 0.966 bits per heavy atom. The van der Waals surface area contributed by atoms with Crippen molar-refractivity contribution in [3.05, 3.63) is 99.6 Å². The first-order valence-corrected chi connectivity index (χ1v) is 8.85. The average Bonchev–Trinajstić information content (AvgIpc) is 2.71. The van der Waals surface area contributed by atoms with Crippen LogP contribution in [0.15, 0.2) is 82.2 Å². The van der Waals surface area contributed by atoms with Crippen LogP contribution >= 0.6 is 11.6 Å². The molecule has 0 aliphatic heterocycles. The van der Waals surface area contributed by atoms with Crippen LogP contribution in [0.25, 0.3) is 11.0 Å². The second kappa shape index (κ2) is 7.77. The Bertz CT molecular complexity index is 1280. The van der Waals surface area contributed by atoms with E-state index in [0.717, 1.165) is 12.3 Å². The molecule has 0 atom stereocenters. The molecule has 0 N–H and O–H groups in total. The van der Waals surface area contributed by atoms with Gasteiger partial charge in [0.25, 0.3) is 0 Å². The number of rotatable bonds is 4. The molecule has 0 bridgehead atoms. The molecule has 4 aromatic rings. The summed E-state index contributed by atoms with van der Waals surface area (Å²) < 4.78 is 29.5. The van der Waals surface area contributed by atoms with E-state index in [1.807, 2.05) is 0 Å². The van der Waals surface area contributed by atoms with Crippen molar-refractivity contribution in [1.29, 1.82) is 0 Å². The van der Waals surface area contributed by atoms with Gasteiger partial charge in [0.2, 0.25) is 11.2 Å². The van der Waals surface area contributed by atoms with E-state index in [4.69, 9.17) is 25.5 Å². The summed E-state index contributed by atoms with van der Waals surface area (Å²) in [6.07, 6.45) is 1.16. The number of para-hydroxylation sites is 1. The third kappa shape index (κ3) is 3.97. The number of hydrogen-bond donors (Lipinski definition) is 0. The van der Waals surface area contributed by atoms with Gasteiger partial charge in [-0.2, -0.15) is 0 Å². The molecule has 1 heterocycles. The molecule has 0 aliphatic rings. The third-order valence-electron chi connectivity index (χ3n) is 4.04. The van der Waals surface area contributed by atoms with Gasteiger partial charge in [-0.05, 0) is 42.5 Å². The Labute approximate surface area is 168 Å². The Balaban J connectivity index is 1.61. The zero-order chi connectivity index (χ0) is 20.4. The number of fused-ring (bicyclic) bond motifs is 1. The van der Waals surface area contributed by atoms with Crippen LogP contribution in [-0.4, -0.2) is 5.97 Å². The number of ether oxygens (including phenoxy) is 2. The summed E-state index contributed by atoms with van der Waals surface area (Å²) in [4.78, 5) is 24.8. The van der Waals surface area contributed by atoms with E-state index in [0.29, 0.717) is 10.8 Å². The monoisotopic (exact) mass is 410 g/mol. The van der Waals surface area contributed by atoms with Crippen molar-refractivity contribution in [3.63, 3.8) is 0 Å². The van der Waals surface area contributed by atoms with Gasteiger partial charge in [0.05, 0.1) is 16.0 Å². The van der Waals surface area contributed by atoms with E-state index in [1.54, 1.807) is 24.3 Å². The van der Waals surface area contributed by atoms with E-state index in [-0.39, 0.29) is 28.0 Å². The van der Waals surface area contributed by atoms with Crippen LogP contribution in [0.1, 0.15) is 10.4 Å². The minimum Gasteiger partial charge on any atom is -0.460 e. The number of benzene rings is 3. The zero-order valence-corrected chi connectivity index (χ0v) is 15.5. The molecule has 0 saturated heterocycles. The van der Waals surface area contributed by atoms with Gasteiger partial charge in [-0.25, -0.2) is 9.18 Å². The molecule has 7 heteroatoms. The first kappa shape index (κ1) is 18.7. The molecule has 29 heavy (non-hydrogen) atoms. The summed E-state index contributed by atoms with van der Waals surface area (Å²) in [6.45, 7) is 0. The molecule has 4 rings (SSSR count). The molecule has 0 radical (unpaired) electrons. The lowest BCUT2D eigenvalue weighted by atomic mass is 10.2. The maximum absolute atomic E-state index is 13.3. The van der Waals surface area contributed by atoms with Gasteiger partial charge >= 0.3 is 5.97 Å². The van der Waals surface area contributed by atoms with E-state index in [9.17, 15) is 14.0 Å². The Morgan fingerprint density at radius 2 is 1.79 bits per heavy atom. The van der Waals surface area contributed by atoms with Crippen molar-refractivity contribution in [1.82, 2.24) is 0 Å². The van der Waals surface area contributed by atoms with Crippen molar-refractivity contribution in [2.45, 2.75) is 0 Å². The second-order valence-electron chi connectivity index (χ2n) is 6.02. The summed E-state index contributed by atoms with van der Waals surface area (Å²) in [7, 11) is 0. The molecule has 0 amide bonds. The molecule has 5 nitrogen and oxygen atoms in total. The quantitative estimate of drug-likeness (QED) is 0.324. The van der Waals surface area contributed by atoms with E-state index < -0.39 is 17.2 Å². The highest BCUT2D eigenvalue weighted by molar-refractivity contribution is 6.32. The zero-order valence-electron chi connectivity index (χ0n) is 14.7. The number of carbonyl (C=O) groups is 1. The van der Waals surface area contributed by atoms with Crippen LogP contribution in [0.4, 0.5) is 4.39 Å². The average molecular weight is 411 g/mol. The molecular weight excluding hydrogens is 399 g/mol. The van der Waals surface area contributed by atoms with Crippen LogP contribution in [0, 0.1) is 5.82 Å². The summed E-state index contributed by atoms with van der Waals surface area (Å²) >= 11 is 6.04. The molecule has 144 valence electrons. The van der Waals surface area contributed by atoms with Crippen molar-refractivity contribution in [2.24, 2.45) is 0 Å². The Kier molecular flexibility index (Phi) is 5.01. The summed E-state index contributed by atoms with van der Waals surface area (Å²) in [6, 6.07) is 16.2.